The number of methoxy groups -OCH3 is 1. The number of nitrogens with one attached hydrogen (secondary N) is 1. The number of amides is 2. The van der Waals surface area contributed by atoms with Crippen LogP contribution in [-0.4, -0.2) is 57.1 Å². The van der Waals surface area contributed by atoms with Gasteiger partial charge < -0.3 is 15.0 Å². The van der Waals surface area contributed by atoms with E-state index in [1.807, 2.05) is 19.9 Å². The number of anilines is 1. The number of sulfonamides is 1. The van der Waals surface area contributed by atoms with E-state index in [-0.39, 0.29) is 18.5 Å². The standard InChI is InChI=1S/C23H30BrN3O5S/c1-16(2)25-23(29)17(3)26(14-18-7-6-8-21(13-18)32-4)22(28)15-27(33(5,30)31)20-11-9-19(24)10-12-20/h6-13,16-17H,14-15H2,1-5H3,(H,25,29)/t17-/m1/s1. The van der Waals surface area contributed by atoms with Crippen LogP contribution in [0.1, 0.15) is 26.3 Å². The minimum Gasteiger partial charge on any atom is -0.497 e. The van der Waals surface area contributed by atoms with Crippen LogP contribution in [0.4, 0.5) is 5.69 Å². The van der Waals surface area contributed by atoms with E-state index >= 15 is 0 Å². The van der Waals surface area contributed by atoms with Crippen LogP contribution in [0, 0.1) is 0 Å². The van der Waals surface area contributed by atoms with Crippen molar-refractivity contribution in [3.05, 3.63) is 58.6 Å². The van der Waals surface area contributed by atoms with Crippen LogP contribution in [-0.2, 0) is 26.2 Å². The first kappa shape index (κ1) is 26.7. The van der Waals surface area contributed by atoms with E-state index in [4.69, 9.17) is 4.74 Å². The molecule has 33 heavy (non-hydrogen) atoms. The van der Waals surface area contributed by atoms with E-state index < -0.39 is 28.5 Å². The molecule has 1 N–H and O–H groups in total. The minimum atomic E-state index is -3.76. The number of rotatable bonds is 10. The average molecular weight is 540 g/mol. The molecule has 0 saturated heterocycles. The average Bonchev–Trinajstić information content (AvgIpc) is 2.74. The molecular formula is C23H30BrN3O5S. The van der Waals surface area contributed by atoms with Gasteiger partial charge in [-0.2, -0.15) is 0 Å². The number of carbonyl (C=O) groups is 2. The summed E-state index contributed by atoms with van der Waals surface area (Å²) in [4.78, 5) is 27.5. The predicted octanol–water partition coefficient (Wildman–Crippen LogP) is 3.17. The van der Waals surface area contributed by atoms with Crippen LogP contribution >= 0.6 is 15.9 Å². The van der Waals surface area contributed by atoms with E-state index in [0.717, 1.165) is 20.6 Å². The van der Waals surface area contributed by atoms with Gasteiger partial charge >= 0.3 is 0 Å². The number of nitrogens with zero attached hydrogens (tertiary/aromatic N) is 2. The molecule has 0 fully saturated rings. The molecule has 180 valence electrons. The summed E-state index contributed by atoms with van der Waals surface area (Å²) in [5.74, 6) is -0.208. The topological polar surface area (TPSA) is 96.0 Å². The monoisotopic (exact) mass is 539 g/mol. The Labute approximate surface area is 204 Å². The Bertz CT molecular complexity index is 1070. The molecule has 2 rings (SSSR count). The zero-order chi connectivity index (χ0) is 24.8. The second kappa shape index (κ2) is 11.5. The Morgan fingerprint density at radius 1 is 1.09 bits per heavy atom. The molecule has 8 nitrogen and oxygen atoms in total. The Kier molecular flexibility index (Phi) is 9.30. The van der Waals surface area contributed by atoms with Gasteiger partial charge in [0.15, 0.2) is 0 Å². The molecule has 0 bridgehead atoms. The summed E-state index contributed by atoms with van der Waals surface area (Å²) in [5, 5.41) is 2.81. The Morgan fingerprint density at radius 3 is 2.27 bits per heavy atom. The summed E-state index contributed by atoms with van der Waals surface area (Å²) in [6, 6.07) is 12.9. The number of halogens is 1. The molecule has 0 spiro atoms. The highest BCUT2D eigenvalue weighted by Gasteiger charge is 2.30. The fourth-order valence-electron chi connectivity index (χ4n) is 3.18. The third-order valence-electron chi connectivity index (χ3n) is 4.88. The maximum Gasteiger partial charge on any atom is 0.244 e. The van der Waals surface area contributed by atoms with Crippen LogP contribution in [0.2, 0.25) is 0 Å². The maximum atomic E-state index is 13.4. The number of benzene rings is 2. The lowest BCUT2D eigenvalue weighted by Gasteiger charge is -2.32. The van der Waals surface area contributed by atoms with Crippen molar-refractivity contribution >= 4 is 43.5 Å². The van der Waals surface area contributed by atoms with Crippen LogP contribution in [0.15, 0.2) is 53.0 Å². The molecular weight excluding hydrogens is 510 g/mol. The Hall–Kier alpha value is -2.59. The lowest BCUT2D eigenvalue weighted by molar-refractivity contribution is -0.139. The number of hydrogen-bond acceptors (Lipinski definition) is 5. The Morgan fingerprint density at radius 2 is 1.73 bits per heavy atom. The SMILES string of the molecule is COc1cccc(CN(C(=O)CN(c2ccc(Br)cc2)S(C)(=O)=O)[C@H](C)C(=O)NC(C)C)c1. The van der Waals surface area contributed by atoms with Crippen molar-refractivity contribution in [1.82, 2.24) is 10.2 Å². The summed E-state index contributed by atoms with van der Waals surface area (Å²) < 4.78 is 32.1. The van der Waals surface area contributed by atoms with Gasteiger partial charge in [0, 0.05) is 17.1 Å². The number of carbonyl (C=O) groups excluding carboxylic acids is 2. The molecule has 0 radical (unpaired) electrons. The van der Waals surface area contributed by atoms with Crippen LogP contribution in [0.25, 0.3) is 0 Å². The van der Waals surface area contributed by atoms with E-state index in [0.29, 0.717) is 11.4 Å². The smallest absolute Gasteiger partial charge is 0.244 e. The normalized spacial score (nSPS) is 12.2. The highest BCUT2D eigenvalue weighted by atomic mass is 79.9. The maximum absolute atomic E-state index is 13.4. The van der Waals surface area contributed by atoms with Gasteiger partial charge in [0.2, 0.25) is 21.8 Å². The number of ether oxygens (including phenoxy) is 1. The van der Waals surface area contributed by atoms with Crippen LogP contribution < -0.4 is 14.4 Å². The molecule has 0 saturated carbocycles. The van der Waals surface area contributed by atoms with Crippen LogP contribution in [0.3, 0.4) is 0 Å². The van der Waals surface area contributed by atoms with Crippen molar-refractivity contribution in [2.24, 2.45) is 0 Å². The first-order chi connectivity index (χ1) is 15.4. The van der Waals surface area contributed by atoms with Gasteiger partial charge in [0.1, 0.15) is 18.3 Å². The molecule has 2 aromatic rings. The van der Waals surface area contributed by atoms with Crippen molar-refractivity contribution in [2.45, 2.75) is 39.4 Å². The van der Waals surface area contributed by atoms with Crippen molar-refractivity contribution in [3.8, 4) is 5.75 Å². The zero-order valence-corrected chi connectivity index (χ0v) is 21.8. The molecule has 0 heterocycles. The second-order valence-corrected chi connectivity index (χ2v) is 10.8. The van der Waals surface area contributed by atoms with Crippen molar-refractivity contribution < 1.29 is 22.7 Å². The molecule has 1 atom stereocenters. The number of hydrogen-bond donors (Lipinski definition) is 1. The lowest BCUT2D eigenvalue weighted by atomic mass is 10.1. The van der Waals surface area contributed by atoms with E-state index in [2.05, 4.69) is 21.2 Å². The van der Waals surface area contributed by atoms with E-state index in [1.165, 1.54) is 4.90 Å². The molecule has 10 heteroatoms. The van der Waals surface area contributed by atoms with Crippen LogP contribution in [0.5, 0.6) is 5.75 Å². The summed E-state index contributed by atoms with van der Waals surface area (Å²) in [5.41, 5.74) is 1.11. The zero-order valence-electron chi connectivity index (χ0n) is 19.4. The highest BCUT2D eigenvalue weighted by Crippen LogP contribution is 2.22. The summed E-state index contributed by atoms with van der Waals surface area (Å²) in [7, 11) is -2.21. The highest BCUT2D eigenvalue weighted by molar-refractivity contribution is 9.10. The van der Waals surface area contributed by atoms with Gasteiger partial charge in [0.25, 0.3) is 0 Å². The lowest BCUT2D eigenvalue weighted by Crippen LogP contribution is -2.52. The van der Waals surface area contributed by atoms with Gasteiger partial charge in [-0.3, -0.25) is 13.9 Å². The van der Waals surface area contributed by atoms with Gasteiger partial charge in [-0.05, 0) is 62.7 Å². The van der Waals surface area contributed by atoms with Gasteiger partial charge in [0.05, 0.1) is 19.1 Å². The third kappa shape index (κ3) is 7.75. The van der Waals surface area contributed by atoms with E-state index in [1.54, 1.807) is 56.5 Å². The van der Waals surface area contributed by atoms with Gasteiger partial charge in [-0.1, -0.05) is 28.1 Å². The second-order valence-electron chi connectivity index (χ2n) is 7.96. The fraction of sp³-hybridized carbons (Fsp3) is 0.391. The summed E-state index contributed by atoms with van der Waals surface area (Å²) in [6.07, 6.45) is 1.05. The van der Waals surface area contributed by atoms with Crippen molar-refractivity contribution in [2.75, 3.05) is 24.2 Å². The molecule has 0 aliphatic carbocycles. The quantitative estimate of drug-likeness (QED) is 0.500. The van der Waals surface area contributed by atoms with Crippen molar-refractivity contribution in [1.29, 1.82) is 0 Å². The third-order valence-corrected chi connectivity index (χ3v) is 6.55. The van der Waals surface area contributed by atoms with Gasteiger partial charge in [-0.25, -0.2) is 8.42 Å². The Balaban J connectivity index is 2.39. The molecule has 2 aromatic carbocycles. The molecule has 0 unspecified atom stereocenters. The minimum absolute atomic E-state index is 0.107. The van der Waals surface area contributed by atoms with Gasteiger partial charge in [-0.15, -0.1) is 0 Å². The fourth-order valence-corrected chi connectivity index (χ4v) is 4.29. The largest absolute Gasteiger partial charge is 0.497 e. The van der Waals surface area contributed by atoms with E-state index in [9.17, 15) is 18.0 Å². The first-order valence-electron chi connectivity index (χ1n) is 10.4. The summed E-state index contributed by atoms with van der Waals surface area (Å²) in [6.45, 7) is 4.96. The molecule has 2 amide bonds. The van der Waals surface area contributed by atoms with Crippen molar-refractivity contribution in [3.63, 3.8) is 0 Å². The molecule has 0 aliphatic rings. The predicted molar refractivity (Wildman–Crippen MR) is 133 cm³/mol. The molecule has 0 aliphatic heterocycles. The molecule has 0 aromatic heterocycles. The summed E-state index contributed by atoms with van der Waals surface area (Å²) >= 11 is 3.32. The first-order valence-corrected chi connectivity index (χ1v) is 13.0.